The van der Waals surface area contributed by atoms with Crippen LogP contribution in [0.1, 0.15) is 15.9 Å². The van der Waals surface area contributed by atoms with Gasteiger partial charge in [0, 0.05) is 0 Å². The van der Waals surface area contributed by atoms with Crippen molar-refractivity contribution in [2.45, 2.75) is 6.92 Å². The van der Waals surface area contributed by atoms with Gasteiger partial charge in [-0.3, -0.25) is 0 Å². The molecule has 0 fully saturated rings. The molecule has 0 heterocycles. The first kappa shape index (κ1) is 20.9. The molecule has 0 radical (unpaired) electrons. The van der Waals surface area contributed by atoms with Crippen molar-refractivity contribution in [1.82, 2.24) is 0 Å². The monoisotopic (exact) mass is 406 g/mol. The van der Waals surface area contributed by atoms with E-state index in [1.165, 1.54) is 24.3 Å². The van der Waals surface area contributed by atoms with Gasteiger partial charge in [-0.2, -0.15) is 0 Å². The van der Waals surface area contributed by atoms with Crippen molar-refractivity contribution < 1.29 is 28.5 Å². The molecule has 0 aliphatic heterocycles. The van der Waals surface area contributed by atoms with E-state index in [0.29, 0.717) is 22.8 Å². The third-order valence-electron chi connectivity index (χ3n) is 4.00. The zero-order valence-electron chi connectivity index (χ0n) is 16.6. The van der Waals surface area contributed by atoms with E-state index in [9.17, 15) is 9.59 Å². The van der Waals surface area contributed by atoms with Gasteiger partial charge in [-0.1, -0.05) is 30.3 Å². The molecule has 0 atom stereocenters. The Morgan fingerprint density at radius 3 is 2.20 bits per heavy atom. The fourth-order valence-electron chi connectivity index (χ4n) is 2.56. The number of carbonyl (C=O) groups excluding carboxylic acids is 2. The summed E-state index contributed by atoms with van der Waals surface area (Å²) in [6.45, 7) is 2.11. The molecule has 3 aromatic rings. The molecule has 30 heavy (non-hydrogen) atoms. The van der Waals surface area contributed by atoms with E-state index in [-0.39, 0.29) is 19.8 Å². The van der Waals surface area contributed by atoms with Crippen molar-refractivity contribution in [3.05, 3.63) is 90.0 Å². The highest BCUT2D eigenvalue weighted by Gasteiger charge is 2.10. The third kappa shape index (κ3) is 6.67. The predicted octanol–water partition coefficient (Wildman–Crippen LogP) is 4.22. The van der Waals surface area contributed by atoms with Crippen LogP contribution >= 0.6 is 0 Å². The first-order chi connectivity index (χ1) is 14.6. The van der Waals surface area contributed by atoms with Gasteiger partial charge in [0.2, 0.25) is 0 Å². The van der Waals surface area contributed by atoms with Crippen LogP contribution in [0, 0.1) is 6.92 Å². The lowest BCUT2D eigenvalue weighted by Gasteiger charge is -2.09. The fraction of sp³-hybridized carbons (Fsp3) is 0.167. The standard InChI is InChI=1S/C24H22O6/c1-18-6-5-9-22(16-18)29-17-23(25)30-21-12-10-19(11-13-21)24(26)28-15-14-27-20-7-3-2-4-8-20/h2-13,16H,14-15,17H2,1H3. The number of carbonyl (C=O) groups is 2. The molecule has 0 spiro atoms. The summed E-state index contributed by atoms with van der Waals surface area (Å²) in [6, 6.07) is 22.8. The Kier molecular flexibility index (Phi) is 7.44. The molecule has 0 N–H and O–H groups in total. The van der Waals surface area contributed by atoms with Gasteiger partial charge in [-0.25, -0.2) is 9.59 Å². The van der Waals surface area contributed by atoms with Gasteiger partial charge >= 0.3 is 11.9 Å². The van der Waals surface area contributed by atoms with Crippen LogP contribution in [0.25, 0.3) is 0 Å². The molecule has 0 saturated heterocycles. The zero-order valence-corrected chi connectivity index (χ0v) is 16.6. The maximum Gasteiger partial charge on any atom is 0.349 e. The van der Waals surface area contributed by atoms with E-state index < -0.39 is 11.9 Å². The van der Waals surface area contributed by atoms with Crippen LogP contribution in [0.3, 0.4) is 0 Å². The summed E-state index contributed by atoms with van der Waals surface area (Å²) in [7, 11) is 0. The molecule has 0 aliphatic rings. The Bertz CT molecular complexity index is 967. The molecule has 0 bridgehead atoms. The average Bonchev–Trinajstić information content (AvgIpc) is 2.76. The topological polar surface area (TPSA) is 71.1 Å². The first-order valence-electron chi connectivity index (χ1n) is 9.45. The molecule has 0 amide bonds. The lowest BCUT2D eigenvalue weighted by molar-refractivity contribution is -0.136. The van der Waals surface area contributed by atoms with Crippen molar-refractivity contribution in [2.75, 3.05) is 19.8 Å². The van der Waals surface area contributed by atoms with Crippen LogP contribution < -0.4 is 14.2 Å². The van der Waals surface area contributed by atoms with E-state index >= 15 is 0 Å². The molecule has 0 saturated carbocycles. The third-order valence-corrected chi connectivity index (χ3v) is 4.00. The van der Waals surface area contributed by atoms with E-state index in [1.54, 1.807) is 6.07 Å². The summed E-state index contributed by atoms with van der Waals surface area (Å²) in [5.74, 6) is 0.612. The SMILES string of the molecule is Cc1cccc(OCC(=O)Oc2ccc(C(=O)OCCOc3ccccc3)cc2)c1. The maximum atomic E-state index is 12.1. The van der Waals surface area contributed by atoms with Crippen LogP contribution in [0.4, 0.5) is 0 Å². The van der Waals surface area contributed by atoms with Crippen molar-refractivity contribution >= 4 is 11.9 Å². The number of rotatable bonds is 9. The van der Waals surface area contributed by atoms with Crippen molar-refractivity contribution in [3.8, 4) is 17.2 Å². The Balaban J connectivity index is 1.40. The van der Waals surface area contributed by atoms with E-state index in [4.69, 9.17) is 18.9 Å². The normalized spacial score (nSPS) is 10.2. The molecule has 0 unspecified atom stereocenters. The fourth-order valence-corrected chi connectivity index (χ4v) is 2.56. The molecule has 3 rings (SSSR count). The van der Waals surface area contributed by atoms with Gasteiger partial charge in [0.05, 0.1) is 5.56 Å². The average molecular weight is 406 g/mol. The summed E-state index contributed by atoms with van der Waals surface area (Å²) in [6.07, 6.45) is 0. The van der Waals surface area contributed by atoms with E-state index in [1.807, 2.05) is 55.5 Å². The van der Waals surface area contributed by atoms with E-state index in [2.05, 4.69) is 0 Å². The Morgan fingerprint density at radius 1 is 0.733 bits per heavy atom. The summed E-state index contributed by atoms with van der Waals surface area (Å²) in [5.41, 5.74) is 1.39. The highest BCUT2D eigenvalue weighted by atomic mass is 16.6. The second kappa shape index (κ2) is 10.7. The van der Waals surface area contributed by atoms with Crippen LogP contribution in [-0.2, 0) is 9.53 Å². The van der Waals surface area contributed by atoms with Gasteiger partial charge in [-0.15, -0.1) is 0 Å². The lowest BCUT2D eigenvalue weighted by atomic mass is 10.2. The lowest BCUT2D eigenvalue weighted by Crippen LogP contribution is -2.17. The molecular weight excluding hydrogens is 384 g/mol. The zero-order chi connectivity index (χ0) is 21.2. The maximum absolute atomic E-state index is 12.1. The highest BCUT2D eigenvalue weighted by Crippen LogP contribution is 2.15. The van der Waals surface area contributed by atoms with Gasteiger partial charge in [0.1, 0.15) is 30.5 Å². The molecule has 154 valence electrons. The van der Waals surface area contributed by atoms with Gasteiger partial charge in [0.25, 0.3) is 0 Å². The number of esters is 2. The number of hydrogen-bond acceptors (Lipinski definition) is 6. The van der Waals surface area contributed by atoms with Crippen LogP contribution in [0.5, 0.6) is 17.2 Å². The van der Waals surface area contributed by atoms with Crippen LogP contribution in [0.15, 0.2) is 78.9 Å². The molecule has 6 nitrogen and oxygen atoms in total. The summed E-state index contributed by atoms with van der Waals surface area (Å²) < 4.78 is 21.3. The molecular formula is C24H22O6. The largest absolute Gasteiger partial charge is 0.490 e. The summed E-state index contributed by atoms with van der Waals surface area (Å²) >= 11 is 0. The van der Waals surface area contributed by atoms with E-state index in [0.717, 1.165) is 5.56 Å². The molecule has 3 aromatic carbocycles. The Labute approximate surface area is 175 Å². The smallest absolute Gasteiger partial charge is 0.349 e. The highest BCUT2D eigenvalue weighted by molar-refractivity contribution is 5.89. The van der Waals surface area contributed by atoms with Crippen molar-refractivity contribution in [3.63, 3.8) is 0 Å². The van der Waals surface area contributed by atoms with Crippen LogP contribution in [0.2, 0.25) is 0 Å². The predicted molar refractivity (Wildman–Crippen MR) is 111 cm³/mol. The first-order valence-corrected chi connectivity index (χ1v) is 9.45. The minimum absolute atomic E-state index is 0.126. The number of hydrogen-bond donors (Lipinski definition) is 0. The number of ether oxygens (including phenoxy) is 4. The minimum Gasteiger partial charge on any atom is -0.490 e. The number of benzene rings is 3. The van der Waals surface area contributed by atoms with Crippen LogP contribution in [-0.4, -0.2) is 31.8 Å². The minimum atomic E-state index is -0.537. The number of aryl methyl sites for hydroxylation is 1. The summed E-state index contributed by atoms with van der Waals surface area (Å²) in [5, 5.41) is 0. The molecule has 6 heteroatoms. The second-order valence-corrected chi connectivity index (χ2v) is 6.40. The molecule has 0 aromatic heterocycles. The van der Waals surface area contributed by atoms with Crippen molar-refractivity contribution in [1.29, 1.82) is 0 Å². The van der Waals surface area contributed by atoms with Gasteiger partial charge in [-0.05, 0) is 61.0 Å². The molecule has 0 aliphatic carbocycles. The second-order valence-electron chi connectivity index (χ2n) is 6.40. The Hall–Kier alpha value is -3.80. The quantitative estimate of drug-likeness (QED) is 0.301. The summed E-state index contributed by atoms with van der Waals surface area (Å²) in [4.78, 5) is 24.0. The van der Waals surface area contributed by atoms with Gasteiger partial charge in [0.15, 0.2) is 6.61 Å². The van der Waals surface area contributed by atoms with Gasteiger partial charge < -0.3 is 18.9 Å². The number of para-hydroxylation sites is 1. The Morgan fingerprint density at radius 2 is 1.47 bits per heavy atom. The van der Waals surface area contributed by atoms with Crippen molar-refractivity contribution in [2.24, 2.45) is 0 Å².